The predicted octanol–water partition coefficient (Wildman–Crippen LogP) is 4.19. The molecule has 1 aliphatic heterocycles. The fourth-order valence-electron chi connectivity index (χ4n) is 2.66. The van der Waals surface area contributed by atoms with E-state index in [1.165, 1.54) is 29.5 Å². The molecule has 1 aromatic carbocycles. The summed E-state index contributed by atoms with van der Waals surface area (Å²) in [6, 6.07) is 4.50. The zero-order valence-electron chi connectivity index (χ0n) is 12.0. The minimum absolute atomic E-state index is 0.219. The van der Waals surface area contributed by atoms with Gasteiger partial charge >= 0.3 is 0 Å². The van der Waals surface area contributed by atoms with Crippen LogP contribution in [0.4, 0.5) is 0 Å². The van der Waals surface area contributed by atoms with Crippen LogP contribution in [-0.4, -0.2) is 6.61 Å². The van der Waals surface area contributed by atoms with Crippen molar-refractivity contribution in [3.63, 3.8) is 0 Å². The third-order valence-electron chi connectivity index (χ3n) is 3.55. The van der Waals surface area contributed by atoms with Gasteiger partial charge in [-0.05, 0) is 50.8 Å². The van der Waals surface area contributed by atoms with Crippen molar-refractivity contribution in [1.29, 1.82) is 0 Å². The number of hydrogen-bond donors (Lipinski definition) is 0. The van der Waals surface area contributed by atoms with Crippen LogP contribution in [0.2, 0.25) is 0 Å². The molecule has 0 bridgehead atoms. The van der Waals surface area contributed by atoms with E-state index < -0.39 is 0 Å². The summed E-state index contributed by atoms with van der Waals surface area (Å²) in [4.78, 5) is 0. The van der Waals surface area contributed by atoms with Gasteiger partial charge in [0.2, 0.25) is 0 Å². The molecule has 0 fully saturated rings. The van der Waals surface area contributed by atoms with E-state index in [1.807, 2.05) is 6.92 Å². The first-order chi connectivity index (χ1) is 8.58. The Labute approximate surface area is 110 Å². The van der Waals surface area contributed by atoms with Gasteiger partial charge < -0.3 is 9.47 Å². The van der Waals surface area contributed by atoms with Gasteiger partial charge in [0.25, 0.3) is 0 Å². The SMILES string of the molecule is CCCCc1cc2c(c(OCC)c1)C(C)(C)OC2. The molecule has 0 saturated carbocycles. The van der Waals surface area contributed by atoms with E-state index in [0.29, 0.717) is 13.2 Å². The Kier molecular flexibility index (Phi) is 3.96. The monoisotopic (exact) mass is 248 g/mol. The van der Waals surface area contributed by atoms with Gasteiger partial charge in [-0.1, -0.05) is 19.4 Å². The average Bonchev–Trinajstić information content (AvgIpc) is 2.63. The smallest absolute Gasteiger partial charge is 0.125 e. The van der Waals surface area contributed by atoms with Gasteiger partial charge in [-0.3, -0.25) is 0 Å². The molecule has 1 heterocycles. The molecule has 0 spiro atoms. The molecule has 100 valence electrons. The van der Waals surface area contributed by atoms with Crippen LogP contribution in [0.1, 0.15) is 57.2 Å². The first-order valence-electron chi connectivity index (χ1n) is 7.01. The van der Waals surface area contributed by atoms with E-state index in [9.17, 15) is 0 Å². The van der Waals surface area contributed by atoms with E-state index in [0.717, 1.165) is 12.2 Å². The van der Waals surface area contributed by atoms with Gasteiger partial charge in [0, 0.05) is 5.56 Å². The highest BCUT2D eigenvalue weighted by atomic mass is 16.5. The lowest BCUT2D eigenvalue weighted by atomic mass is 9.92. The molecule has 18 heavy (non-hydrogen) atoms. The second-order valence-electron chi connectivity index (χ2n) is 5.46. The Morgan fingerprint density at radius 1 is 1.28 bits per heavy atom. The molecule has 2 rings (SSSR count). The highest BCUT2D eigenvalue weighted by Crippen LogP contribution is 2.42. The van der Waals surface area contributed by atoms with Gasteiger partial charge in [-0.15, -0.1) is 0 Å². The van der Waals surface area contributed by atoms with Gasteiger partial charge in [0.15, 0.2) is 0 Å². The average molecular weight is 248 g/mol. The minimum atomic E-state index is -0.219. The standard InChI is InChI=1S/C16H24O2/c1-5-7-8-12-9-13-11-18-16(3,4)15(13)14(10-12)17-6-2/h9-10H,5-8,11H2,1-4H3. The molecule has 0 unspecified atom stereocenters. The molecule has 0 saturated heterocycles. The number of aryl methyl sites for hydroxylation is 1. The van der Waals surface area contributed by atoms with E-state index >= 15 is 0 Å². The Bertz CT molecular complexity index is 421. The number of unbranched alkanes of at least 4 members (excludes halogenated alkanes) is 1. The third-order valence-corrected chi connectivity index (χ3v) is 3.55. The zero-order valence-corrected chi connectivity index (χ0v) is 12.0. The van der Waals surface area contributed by atoms with Gasteiger partial charge in [-0.25, -0.2) is 0 Å². The lowest BCUT2D eigenvalue weighted by molar-refractivity contribution is -0.00911. The molecule has 0 N–H and O–H groups in total. The fourth-order valence-corrected chi connectivity index (χ4v) is 2.66. The van der Waals surface area contributed by atoms with Crippen molar-refractivity contribution in [2.45, 2.75) is 59.2 Å². The number of rotatable bonds is 5. The first-order valence-corrected chi connectivity index (χ1v) is 7.01. The summed E-state index contributed by atoms with van der Waals surface area (Å²) in [5.74, 6) is 1.02. The van der Waals surface area contributed by atoms with Crippen molar-refractivity contribution < 1.29 is 9.47 Å². The van der Waals surface area contributed by atoms with Crippen molar-refractivity contribution in [2.75, 3.05) is 6.61 Å². The normalized spacial score (nSPS) is 16.7. The number of hydrogen-bond acceptors (Lipinski definition) is 2. The Morgan fingerprint density at radius 2 is 2.06 bits per heavy atom. The van der Waals surface area contributed by atoms with Crippen LogP contribution in [0.3, 0.4) is 0 Å². The van der Waals surface area contributed by atoms with Crippen LogP contribution in [-0.2, 0) is 23.4 Å². The maximum atomic E-state index is 5.88. The van der Waals surface area contributed by atoms with Crippen molar-refractivity contribution in [2.24, 2.45) is 0 Å². The van der Waals surface area contributed by atoms with Crippen LogP contribution in [0.15, 0.2) is 12.1 Å². The Hall–Kier alpha value is -1.02. The lowest BCUT2D eigenvalue weighted by Gasteiger charge is -2.22. The summed E-state index contributed by atoms with van der Waals surface area (Å²) in [7, 11) is 0. The summed E-state index contributed by atoms with van der Waals surface area (Å²) < 4.78 is 11.7. The highest BCUT2D eigenvalue weighted by molar-refractivity contribution is 5.48. The summed E-state index contributed by atoms with van der Waals surface area (Å²) in [5.41, 5.74) is 3.70. The molecule has 2 heteroatoms. The largest absolute Gasteiger partial charge is 0.493 e. The number of fused-ring (bicyclic) bond motifs is 1. The molecule has 0 radical (unpaired) electrons. The van der Waals surface area contributed by atoms with Crippen LogP contribution < -0.4 is 4.74 Å². The van der Waals surface area contributed by atoms with Gasteiger partial charge in [0.1, 0.15) is 5.75 Å². The lowest BCUT2D eigenvalue weighted by Crippen LogP contribution is -2.16. The summed E-state index contributed by atoms with van der Waals surface area (Å²) in [6.07, 6.45) is 3.59. The van der Waals surface area contributed by atoms with Crippen molar-refractivity contribution in [1.82, 2.24) is 0 Å². The third kappa shape index (κ3) is 2.54. The molecule has 1 aromatic rings. The van der Waals surface area contributed by atoms with Crippen molar-refractivity contribution in [3.8, 4) is 5.75 Å². The maximum Gasteiger partial charge on any atom is 0.125 e. The van der Waals surface area contributed by atoms with Crippen LogP contribution in [0.5, 0.6) is 5.75 Å². The molecule has 0 amide bonds. The fraction of sp³-hybridized carbons (Fsp3) is 0.625. The molecule has 0 aliphatic carbocycles. The molecular weight excluding hydrogens is 224 g/mol. The van der Waals surface area contributed by atoms with Crippen molar-refractivity contribution in [3.05, 3.63) is 28.8 Å². The summed E-state index contributed by atoms with van der Waals surface area (Å²) >= 11 is 0. The Morgan fingerprint density at radius 3 is 2.72 bits per heavy atom. The number of ether oxygens (including phenoxy) is 2. The second-order valence-corrected chi connectivity index (χ2v) is 5.46. The van der Waals surface area contributed by atoms with E-state index in [2.05, 4.69) is 32.9 Å². The van der Waals surface area contributed by atoms with Gasteiger partial charge in [0.05, 0.1) is 18.8 Å². The summed E-state index contributed by atoms with van der Waals surface area (Å²) in [6.45, 7) is 9.92. The maximum absolute atomic E-state index is 5.88. The highest BCUT2D eigenvalue weighted by Gasteiger charge is 2.34. The molecule has 1 aliphatic rings. The number of benzene rings is 1. The Balaban J connectivity index is 2.38. The topological polar surface area (TPSA) is 18.5 Å². The van der Waals surface area contributed by atoms with E-state index in [-0.39, 0.29) is 5.60 Å². The summed E-state index contributed by atoms with van der Waals surface area (Å²) in [5, 5.41) is 0. The van der Waals surface area contributed by atoms with Crippen LogP contribution in [0.25, 0.3) is 0 Å². The van der Waals surface area contributed by atoms with Crippen molar-refractivity contribution >= 4 is 0 Å². The first kappa shape index (κ1) is 13.4. The van der Waals surface area contributed by atoms with Crippen LogP contribution >= 0.6 is 0 Å². The zero-order chi connectivity index (χ0) is 13.2. The quantitative estimate of drug-likeness (QED) is 0.777. The molecule has 0 atom stereocenters. The predicted molar refractivity (Wildman–Crippen MR) is 74.0 cm³/mol. The van der Waals surface area contributed by atoms with E-state index in [1.54, 1.807) is 0 Å². The van der Waals surface area contributed by atoms with E-state index in [4.69, 9.17) is 9.47 Å². The minimum Gasteiger partial charge on any atom is -0.493 e. The second kappa shape index (κ2) is 5.31. The van der Waals surface area contributed by atoms with Gasteiger partial charge in [-0.2, -0.15) is 0 Å². The van der Waals surface area contributed by atoms with Crippen LogP contribution in [0, 0.1) is 0 Å². The molecule has 2 nitrogen and oxygen atoms in total. The molecule has 0 aromatic heterocycles. The molecular formula is C16H24O2.